The van der Waals surface area contributed by atoms with Crippen molar-refractivity contribution in [1.29, 1.82) is 0 Å². The lowest BCUT2D eigenvalue weighted by molar-refractivity contribution is 0.951. The van der Waals surface area contributed by atoms with Crippen LogP contribution < -0.4 is 0 Å². The summed E-state index contributed by atoms with van der Waals surface area (Å²) in [5.41, 5.74) is 7.04. The number of rotatable bonds is 2. The van der Waals surface area contributed by atoms with Crippen LogP contribution in [0.4, 0.5) is 0 Å². The summed E-state index contributed by atoms with van der Waals surface area (Å²) in [5, 5.41) is 4.90. The Hall–Kier alpha value is -3.03. The Morgan fingerprint density at radius 3 is 2.62 bits per heavy atom. The lowest BCUT2D eigenvalue weighted by Gasteiger charge is -2.03. The normalized spacial score (nSPS) is 11.8. The Bertz CT molecular complexity index is 1530. The molecule has 4 aromatic heterocycles. The van der Waals surface area contributed by atoms with E-state index in [-0.39, 0.29) is 0 Å². The maximum atomic E-state index is 4.90. The fourth-order valence-electron chi connectivity index (χ4n) is 3.77. The fourth-order valence-corrected chi connectivity index (χ4v) is 5.50. The van der Waals surface area contributed by atoms with Crippen LogP contribution in [0, 0.1) is 6.92 Å². The maximum Gasteiger partial charge on any atom is 0.195 e. The number of hydrogen-bond acceptors (Lipinski definition) is 4. The maximum absolute atomic E-state index is 4.90. The van der Waals surface area contributed by atoms with E-state index >= 15 is 0 Å². The molecule has 0 radical (unpaired) electrons. The number of aryl methyl sites for hydroxylation is 1. The van der Waals surface area contributed by atoms with Crippen molar-refractivity contribution >= 4 is 48.9 Å². The Kier molecular flexibility index (Phi) is 3.63. The van der Waals surface area contributed by atoms with Gasteiger partial charge in [-0.15, -0.1) is 0 Å². The predicted octanol–water partition coefficient (Wildman–Crippen LogP) is 6.00. The molecule has 0 bridgehead atoms. The second kappa shape index (κ2) is 6.23. The first-order chi connectivity index (χ1) is 14.2. The lowest BCUT2D eigenvalue weighted by atomic mass is 10.2. The van der Waals surface area contributed by atoms with Crippen LogP contribution in [0.2, 0.25) is 0 Å². The molecule has 2 aromatic carbocycles. The van der Waals surface area contributed by atoms with Gasteiger partial charge in [-0.2, -0.15) is 5.10 Å². The molecule has 0 saturated heterocycles. The van der Waals surface area contributed by atoms with Gasteiger partial charge in [0.25, 0.3) is 0 Å². The Labute approximate surface area is 178 Å². The standard InChI is InChI=1S/C22H14BrN5S/c1-13-20(29-22-25-15-9-5-6-10-16(15)27(13)22)17-11-12-24-21-18(23)19(26-28(17)21)14-7-3-2-4-8-14/h2-12H,1H3. The molecule has 0 amide bonds. The second-order valence-electron chi connectivity index (χ2n) is 6.83. The van der Waals surface area contributed by atoms with Crippen molar-refractivity contribution in [3.63, 3.8) is 0 Å². The van der Waals surface area contributed by atoms with Crippen molar-refractivity contribution in [3.05, 3.63) is 77.0 Å². The van der Waals surface area contributed by atoms with E-state index in [9.17, 15) is 0 Å². The van der Waals surface area contributed by atoms with E-state index in [4.69, 9.17) is 10.1 Å². The van der Waals surface area contributed by atoms with Gasteiger partial charge in [0.15, 0.2) is 10.6 Å². The number of thiazole rings is 1. The van der Waals surface area contributed by atoms with Crippen LogP contribution in [0.5, 0.6) is 0 Å². The van der Waals surface area contributed by atoms with E-state index in [1.165, 1.54) is 0 Å². The second-order valence-corrected chi connectivity index (χ2v) is 8.60. The van der Waals surface area contributed by atoms with E-state index in [1.54, 1.807) is 11.3 Å². The quantitative estimate of drug-likeness (QED) is 0.319. The summed E-state index contributed by atoms with van der Waals surface area (Å²) in [6, 6.07) is 20.4. The van der Waals surface area contributed by atoms with Crippen molar-refractivity contribution in [3.8, 4) is 21.8 Å². The Morgan fingerprint density at radius 1 is 0.966 bits per heavy atom. The molecular formula is C22H14BrN5S. The minimum absolute atomic E-state index is 0.802. The van der Waals surface area contributed by atoms with Crippen molar-refractivity contribution < 1.29 is 0 Å². The minimum atomic E-state index is 0.802. The van der Waals surface area contributed by atoms with Crippen LogP contribution in [0.3, 0.4) is 0 Å². The van der Waals surface area contributed by atoms with Gasteiger partial charge >= 0.3 is 0 Å². The highest BCUT2D eigenvalue weighted by molar-refractivity contribution is 9.10. The summed E-state index contributed by atoms with van der Waals surface area (Å²) in [6.45, 7) is 2.13. The molecule has 0 fully saturated rings. The first-order valence-corrected chi connectivity index (χ1v) is 10.8. The number of benzene rings is 2. The van der Waals surface area contributed by atoms with Crippen LogP contribution >= 0.6 is 27.3 Å². The summed E-state index contributed by atoms with van der Waals surface area (Å²) in [5.74, 6) is 0. The van der Waals surface area contributed by atoms with E-state index in [0.717, 1.165) is 53.6 Å². The molecule has 0 spiro atoms. The number of aromatic nitrogens is 5. The summed E-state index contributed by atoms with van der Waals surface area (Å²) < 4.78 is 5.04. The van der Waals surface area contributed by atoms with Gasteiger partial charge in [0, 0.05) is 17.5 Å². The zero-order valence-electron chi connectivity index (χ0n) is 15.4. The number of nitrogens with zero attached hydrogens (tertiary/aromatic N) is 5. The van der Waals surface area contributed by atoms with Crippen LogP contribution in [0.25, 0.3) is 43.5 Å². The van der Waals surface area contributed by atoms with Crippen molar-refractivity contribution in [2.45, 2.75) is 6.92 Å². The molecule has 0 aliphatic carbocycles. The van der Waals surface area contributed by atoms with Gasteiger partial charge in [0.2, 0.25) is 0 Å². The van der Waals surface area contributed by atoms with E-state index in [1.807, 2.05) is 41.0 Å². The third kappa shape index (κ3) is 2.41. The van der Waals surface area contributed by atoms with Gasteiger partial charge in [0.1, 0.15) is 5.69 Å². The summed E-state index contributed by atoms with van der Waals surface area (Å²) in [6.07, 6.45) is 1.84. The van der Waals surface area contributed by atoms with Gasteiger partial charge in [0.05, 0.1) is 26.1 Å². The highest BCUT2D eigenvalue weighted by Gasteiger charge is 2.20. The predicted molar refractivity (Wildman–Crippen MR) is 120 cm³/mol. The highest BCUT2D eigenvalue weighted by atomic mass is 79.9. The van der Waals surface area contributed by atoms with Crippen LogP contribution in [0.15, 0.2) is 71.3 Å². The Morgan fingerprint density at radius 2 is 1.76 bits per heavy atom. The molecule has 0 N–H and O–H groups in total. The third-order valence-corrected chi connectivity index (χ3v) is 7.02. The lowest BCUT2D eigenvalue weighted by Crippen LogP contribution is -1.96. The van der Waals surface area contributed by atoms with Crippen LogP contribution in [0.1, 0.15) is 5.69 Å². The van der Waals surface area contributed by atoms with Crippen LogP contribution in [-0.4, -0.2) is 24.0 Å². The summed E-state index contributed by atoms with van der Waals surface area (Å²) in [7, 11) is 0. The molecule has 6 aromatic rings. The number of fused-ring (bicyclic) bond motifs is 4. The zero-order chi connectivity index (χ0) is 19.5. The molecule has 0 unspecified atom stereocenters. The summed E-state index contributed by atoms with van der Waals surface area (Å²) >= 11 is 5.39. The fraction of sp³-hybridized carbons (Fsp3) is 0.0455. The van der Waals surface area contributed by atoms with Gasteiger partial charge in [-0.05, 0) is 41.1 Å². The monoisotopic (exact) mass is 459 g/mol. The molecule has 0 aliphatic heterocycles. The summed E-state index contributed by atoms with van der Waals surface area (Å²) in [4.78, 5) is 11.5. The molecule has 0 aliphatic rings. The molecule has 5 nitrogen and oxygen atoms in total. The number of hydrogen-bond donors (Lipinski definition) is 0. The SMILES string of the molecule is Cc1c(-c2ccnc3c(Br)c(-c4ccccc4)nn23)sc2nc3ccccc3n12. The molecule has 0 atom stereocenters. The number of imidazole rings is 1. The van der Waals surface area contributed by atoms with E-state index in [2.05, 4.69) is 62.6 Å². The van der Waals surface area contributed by atoms with Crippen molar-refractivity contribution in [2.75, 3.05) is 0 Å². The smallest absolute Gasteiger partial charge is 0.195 e. The molecule has 6 rings (SSSR count). The molecule has 7 heteroatoms. The average molecular weight is 460 g/mol. The zero-order valence-corrected chi connectivity index (χ0v) is 17.8. The largest absolute Gasteiger partial charge is 0.287 e. The first-order valence-electron chi connectivity index (χ1n) is 9.18. The molecular weight excluding hydrogens is 446 g/mol. The van der Waals surface area contributed by atoms with Crippen LogP contribution in [-0.2, 0) is 0 Å². The van der Waals surface area contributed by atoms with Gasteiger partial charge in [-0.1, -0.05) is 53.8 Å². The first kappa shape index (κ1) is 16.9. The van der Waals surface area contributed by atoms with Crippen molar-refractivity contribution in [1.82, 2.24) is 24.0 Å². The van der Waals surface area contributed by atoms with Gasteiger partial charge in [-0.25, -0.2) is 14.5 Å². The highest BCUT2D eigenvalue weighted by Crippen LogP contribution is 2.37. The molecule has 4 heterocycles. The minimum Gasteiger partial charge on any atom is -0.287 e. The molecule has 0 saturated carbocycles. The topological polar surface area (TPSA) is 47.5 Å². The number of para-hydroxylation sites is 2. The third-order valence-electron chi connectivity index (χ3n) is 5.13. The average Bonchev–Trinajstić information content (AvgIpc) is 3.39. The number of halogens is 1. The van der Waals surface area contributed by atoms with E-state index < -0.39 is 0 Å². The van der Waals surface area contributed by atoms with Gasteiger partial charge < -0.3 is 0 Å². The van der Waals surface area contributed by atoms with Crippen molar-refractivity contribution in [2.24, 2.45) is 0 Å². The van der Waals surface area contributed by atoms with E-state index in [0.29, 0.717) is 0 Å². The molecule has 140 valence electrons. The van der Waals surface area contributed by atoms with Gasteiger partial charge in [-0.3, -0.25) is 4.40 Å². The molecule has 29 heavy (non-hydrogen) atoms. The Balaban J connectivity index is 1.63.